The fraction of sp³-hybridized carbons (Fsp3) is 0.321. The molecule has 3 heteroatoms. The lowest BCUT2D eigenvalue weighted by Crippen LogP contribution is -2.28. The molecule has 3 unspecified atom stereocenters. The Bertz CT molecular complexity index is 945. The van der Waals surface area contributed by atoms with Gasteiger partial charge in [0.05, 0.1) is 5.92 Å². The maximum Gasteiger partial charge on any atom is 0.311 e. The van der Waals surface area contributed by atoms with Crippen LogP contribution in [0.1, 0.15) is 55.7 Å². The van der Waals surface area contributed by atoms with Crippen LogP contribution < -0.4 is 0 Å². The van der Waals surface area contributed by atoms with Gasteiger partial charge < -0.3 is 5.11 Å². The molecule has 0 saturated heterocycles. The van der Waals surface area contributed by atoms with E-state index < -0.39 is 11.9 Å². The molecule has 0 aliphatic rings. The molecule has 0 aliphatic heterocycles. The molecule has 0 saturated carbocycles. The third-order valence-corrected chi connectivity index (χ3v) is 6.69. The fourth-order valence-corrected chi connectivity index (χ4v) is 5.07. The maximum absolute atomic E-state index is 12.8. The summed E-state index contributed by atoms with van der Waals surface area (Å²) in [7, 11) is 0. The van der Waals surface area contributed by atoms with Gasteiger partial charge in [-0.1, -0.05) is 87.0 Å². The number of hydrogen-bond acceptors (Lipinski definition) is 2. The van der Waals surface area contributed by atoms with E-state index in [0.29, 0.717) is 0 Å². The van der Waals surface area contributed by atoms with Crippen LogP contribution in [0.2, 0.25) is 0 Å². The maximum atomic E-state index is 12.8. The first-order chi connectivity index (χ1) is 15.1. The zero-order valence-corrected chi connectivity index (χ0v) is 19.2. The van der Waals surface area contributed by atoms with Crippen molar-refractivity contribution in [3.8, 4) is 0 Å². The molecule has 1 heterocycles. The van der Waals surface area contributed by atoms with Crippen LogP contribution in [-0.2, 0) is 11.2 Å². The fourth-order valence-electron chi connectivity index (χ4n) is 4.37. The Balaban J connectivity index is 1.98. The van der Waals surface area contributed by atoms with Crippen molar-refractivity contribution in [3.63, 3.8) is 0 Å². The molecule has 2 aromatic carbocycles. The van der Waals surface area contributed by atoms with E-state index in [0.717, 1.165) is 42.4 Å². The van der Waals surface area contributed by atoms with Gasteiger partial charge in [0, 0.05) is 5.92 Å². The lowest BCUT2D eigenvalue weighted by molar-refractivity contribution is -0.140. The van der Waals surface area contributed by atoms with E-state index in [2.05, 4.69) is 61.0 Å². The van der Waals surface area contributed by atoms with Gasteiger partial charge in [0.25, 0.3) is 0 Å². The van der Waals surface area contributed by atoms with Crippen LogP contribution >= 0.6 is 11.3 Å². The van der Waals surface area contributed by atoms with Crippen LogP contribution in [-0.4, -0.2) is 11.1 Å². The van der Waals surface area contributed by atoms with Crippen molar-refractivity contribution in [1.82, 2.24) is 0 Å². The second-order valence-electron chi connectivity index (χ2n) is 8.21. The molecule has 0 amide bonds. The number of allylic oxidation sites excluding steroid dienone is 1. The molecule has 1 N–H and O–H groups in total. The van der Waals surface area contributed by atoms with E-state index in [9.17, 15) is 9.90 Å². The molecule has 3 rings (SSSR count). The average molecular weight is 433 g/mol. The van der Waals surface area contributed by atoms with Crippen molar-refractivity contribution < 1.29 is 9.90 Å². The molecule has 162 valence electrons. The molecular formula is C28H32O2S. The minimum absolute atomic E-state index is 0.0734. The molecule has 2 nitrogen and oxygen atoms in total. The number of carbonyl (C=O) groups is 1. The molecule has 0 bridgehead atoms. The van der Waals surface area contributed by atoms with Crippen molar-refractivity contribution in [2.75, 3.05) is 0 Å². The third-order valence-electron chi connectivity index (χ3n) is 5.99. The quantitative estimate of drug-likeness (QED) is 0.337. The van der Waals surface area contributed by atoms with E-state index in [1.54, 1.807) is 11.3 Å². The number of carboxylic acid groups (broad SMARTS) is 1. The van der Waals surface area contributed by atoms with Crippen LogP contribution in [0.5, 0.6) is 0 Å². The van der Waals surface area contributed by atoms with Gasteiger partial charge in [-0.3, -0.25) is 4.79 Å². The largest absolute Gasteiger partial charge is 0.481 e. The summed E-state index contributed by atoms with van der Waals surface area (Å²) in [6.07, 6.45) is 5.92. The number of hydrogen-bond donors (Lipinski definition) is 1. The van der Waals surface area contributed by atoms with Crippen LogP contribution in [0.25, 0.3) is 5.57 Å². The van der Waals surface area contributed by atoms with Crippen LogP contribution in [0.3, 0.4) is 0 Å². The summed E-state index contributed by atoms with van der Waals surface area (Å²) in [4.78, 5) is 12.8. The van der Waals surface area contributed by atoms with E-state index in [4.69, 9.17) is 0 Å². The Morgan fingerprint density at radius 2 is 1.71 bits per heavy atom. The Morgan fingerprint density at radius 1 is 1.03 bits per heavy atom. The molecular weight excluding hydrogens is 400 g/mol. The standard InChI is InChI=1S/C28H32O2S/c1-3-4-15-25(23-13-9-6-10-14-23)27(28(29)30)26(24-18-19-31-20-24)21(2)16-17-22-11-7-5-8-12-22/h5-15,18-21,26-27H,3-4,16-17H2,1-2H3,(H,29,30). The van der Waals surface area contributed by atoms with Crippen molar-refractivity contribution in [2.45, 2.75) is 45.4 Å². The summed E-state index contributed by atoms with van der Waals surface area (Å²) in [5.74, 6) is -1.16. The van der Waals surface area contributed by atoms with E-state index >= 15 is 0 Å². The van der Waals surface area contributed by atoms with Gasteiger partial charge >= 0.3 is 5.97 Å². The summed E-state index contributed by atoms with van der Waals surface area (Å²) in [6, 6.07) is 22.6. The molecule has 0 fully saturated rings. The summed E-state index contributed by atoms with van der Waals surface area (Å²) < 4.78 is 0. The first kappa shape index (κ1) is 23.0. The van der Waals surface area contributed by atoms with E-state index in [-0.39, 0.29) is 11.8 Å². The smallest absolute Gasteiger partial charge is 0.311 e. The lowest BCUT2D eigenvalue weighted by Gasteiger charge is -2.31. The Hall–Kier alpha value is -2.65. The predicted molar refractivity (Wildman–Crippen MR) is 131 cm³/mol. The van der Waals surface area contributed by atoms with Gasteiger partial charge in [0.2, 0.25) is 0 Å². The first-order valence-corrected chi connectivity index (χ1v) is 12.1. The number of rotatable bonds is 11. The number of carboxylic acids is 1. The number of thiophene rings is 1. The Kier molecular flexibility index (Phi) is 8.66. The first-order valence-electron chi connectivity index (χ1n) is 11.2. The van der Waals surface area contributed by atoms with Crippen molar-refractivity contribution >= 4 is 22.9 Å². The number of benzene rings is 2. The third kappa shape index (κ3) is 6.18. The summed E-state index contributed by atoms with van der Waals surface area (Å²) in [5, 5.41) is 14.7. The second kappa shape index (κ2) is 11.7. The van der Waals surface area contributed by atoms with Crippen LogP contribution in [0.4, 0.5) is 0 Å². The highest BCUT2D eigenvalue weighted by Crippen LogP contribution is 2.43. The van der Waals surface area contributed by atoms with Crippen molar-refractivity contribution in [1.29, 1.82) is 0 Å². The minimum Gasteiger partial charge on any atom is -0.481 e. The topological polar surface area (TPSA) is 37.3 Å². The van der Waals surface area contributed by atoms with Crippen LogP contribution in [0.15, 0.2) is 83.6 Å². The average Bonchev–Trinajstić information content (AvgIpc) is 3.32. The Morgan fingerprint density at radius 3 is 2.29 bits per heavy atom. The summed E-state index contributed by atoms with van der Waals surface area (Å²) in [5.41, 5.74) is 4.39. The van der Waals surface area contributed by atoms with Gasteiger partial charge in [-0.2, -0.15) is 11.3 Å². The van der Waals surface area contributed by atoms with E-state index in [1.165, 1.54) is 5.56 Å². The van der Waals surface area contributed by atoms with Crippen LogP contribution in [0, 0.1) is 11.8 Å². The van der Waals surface area contributed by atoms with Gasteiger partial charge in [-0.25, -0.2) is 0 Å². The predicted octanol–water partition coefficient (Wildman–Crippen LogP) is 7.69. The monoisotopic (exact) mass is 432 g/mol. The second-order valence-corrected chi connectivity index (χ2v) is 8.99. The summed E-state index contributed by atoms with van der Waals surface area (Å²) in [6.45, 7) is 4.34. The zero-order valence-electron chi connectivity index (χ0n) is 18.4. The Labute approximate surface area is 190 Å². The molecule has 3 aromatic rings. The van der Waals surface area contributed by atoms with Gasteiger partial charge in [-0.15, -0.1) is 0 Å². The number of unbranched alkanes of at least 4 members (excludes halogenated alkanes) is 1. The number of aryl methyl sites for hydroxylation is 1. The van der Waals surface area contributed by atoms with Gasteiger partial charge in [0.1, 0.15) is 0 Å². The van der Waals surface area contributed by atoms with Gasteiger partial charge in [0.15, 0.2) is 0 Å². The van der Waals surface area contributed by atoms with Gasteiger partial charge in [-0.05, 0) is 64.3 Å². The highest BCUT2D eigenvalue weighted by atomic mass is 32.1. The molecule has 0 spiro atoms. The molecule has 31 heavy (non-hydrogen) atoms. The molecule has 1 aromatic heterocycles. The molecule has 0 aliphatic carbocycles. The highest BCUT2D eigenvalue weighted by molar-refractivity contribution is 7.08. The SMILES string of the molecule is CCCC=C(c1ccccc1)C(C(=O)O)C(c1ccsc1)C(C)CCc1ccccc1. The molecule has 3 atom stereocenters. The summed E-state index contributed by atoms with van der Waals surface area (Å²) >= 11 is 1.64. The van der Waals surface area contributed by atoms with E-state index in [1.807, 2.05) is 36.4 Å². The molecule has 0 radical (unpaired) electrons. The van der Waals surface area contributed by atoms with Crippen molar-refractivity contribution in [2.24, 2.45) is 11.8 Å². The zero-order chi connectivity index (χ0) is 22.1. The minimum atomic E-state index is -0.742. The number of aliphatic carboxylic acids is 1. The van der Waals surface area contributed by atoms with Crippen molar-refractivity contribution in [3.05, 3.63) is 100 Å². The normalized spacial score (nSPS) is 14.7. The lowest BCUT2D eigenvalue weighted by atomic mass is 9.71. The highest BCUT2D eigenvalue weighted by Gasteiger charge is 2.36.